The molecule has 15 heavy (non-hydrogen) atoms. The van der Waals surface area contributed by atoms with Gasteiger partial charge in [-0.1, -0.05) is 11.8 Å². The standard InChI is InChI=1S/C8H12N2O4S/c1-10(3-2-6(11)12)7(13)5-4-15-8(14)9-5/h5H,2-4H2,1H3,(H,9,14)(H,11,12). The number of carboxylic acid groups (broad SMARTS) is 1. The van der Waals surface area contributed by atoms with E-state index in [1.165, 1.54) is 11.9 Å². The van der Waals surface area contributed by atoms with E-state index >= 15 is 0 Å². The molecule has 0 saturated carbocycles. The minimum Gasteiger partial charge on any atom is -0.481 e. The van der Waals surface area contributed by atoms with Crippen LogP contribution in [-0.2, 0) is 9.59 Å². The Morgan fingerprint density at radius 1 is 1.67 bits per heavy atom. The topological polar surface area (TPSA) is 86.7 Å². The van der Waals surface area contributed by atoms with E-state index in [0.29, 0.717) is 5.75 Å². The smallest absolute Gasteiger partial charge is 0.305 e. The molecule has 0 bridgehead atoms. The summed E-state index contributed by atoms with van der Waals surface area (Å²) in [7, 11) is 1.53. The average molecular weight is 232 g/mol. The highest BCUT2D eigenvalue weighted by Gasteiger charge is 2.30. The van der Waals surface area contributed by atoms with Gasteiger partial charge in [0.1, 0.15) is 6.04 Å². The van der Waals surface area contributed by atoms with Crippen molar-refractivity contribution in [2.45, 2.75) is 12.5 Å². The Hall–Kier alpha value is -1.24. The second-order valence-corrected chi connectivity index (χ2v) is 4.19. The van der Waals surface area contributed by atoms with E-state index in [1.807, 2.05) is 0 Å². The molecule has 1 aliphatic rings. The number of carbonyl (C=O) groups is 3. The van der Waals surface area contributed by atoms with Crippen LogP contribution in [0.1, 0.15) is 6.42 Å². The Bertz CT molecular complexity index is 294. The number of aliphatic carboxylic acids is 1. The summed E-state index contributed by atoms with van der Waals surface area (Å²) in [6.07, 6.45) is -0.0873. The maximum absolute atomic E-state index is 11.6. The minimum atomic E-state index is -0.945. The molecule has 1 rings (SSSR count). The molecule has 84 valence electrons. The van der Waals surface area contributed by atoms with Gasteiger partial charge in [-0.3, -0.25) is 14.4 Å². The summed E-state index contributed by atoms with van der Waals surface area (Å²) in [6, 6.07) is -0.513. The Balaban J connectivity index is 2.39. The van der Waals surface area contributed by atoms with Gasteiger partial charge in [-0.2, -0.15) is 0 Å². The first-order valence-corrected chi connectivity index (χ1v) is 5.39. The zero-order valence-electron chi connectivity index (χ0n) is 8.23. The van der Waals surface area contributed by atoms with Gasteiger partial charge in [-0.25, -0.2) is 0 Å². The van der Waals surface area contributed by atoms with Gasteiger partial charge in [0.25, 0.3) is 5.24 Å². The number of nitrogens with zero attached hydrogens (tertiary/aromatic N) is 1. The molecule has 0 aromatic rings. The van der Waals surface area contributed by atoms with Gasteiger partial charge < -0.3 is 15.3 Å². The predicted octanol–water partition coefficient (Wildman–Crippen LogP) is -0.256. The summed E-state index contributed by atoms with van der Waals surface area (Å²) in [5.41, 5.74) is 0. The fraction of sp³-hybridized carbons (Fsp3) is 0.625. The van der Waals surface area contributed by atoms with Crippen molar-refractivity contribution in [2.24, 2.45) is 0 Å². The number of rotatable bonds is 4. The van der Waals surface area contributed by atoms with Crippen molar-refractivity contribution in [3.8, 4) is 0 Å². The third kappa shape index (κ3) is 3.43. The fourth-order valence-electron chi connectivity index (χ4n) is 1.16. The van der Waals surface area contributed by atoms with Gasteiger partial charge in [0.15, 0.2) is 0 Å². The van der Waals surface area contributed by atoms with Crippen molar-refractivity contribution >= 4 is 28.9 Å². The van der Waals surface area contributed by atoms with Gasteiger partial charge in [0, 0.05) is 19.3 Å². The predicted molar refractivity (Wildman–Crippen MR) is 54.7 cm³/mol. The van der Waals surface area contributed by atoms with E-state index in [0.717, 1.165) is 11.8 Å². The monoisotopic (exact) mass is 232 g/mol. The molecule has 2 amide bonds. The second-order valence-electron chi connectivity index (χ2n) is 3.20. The lowest BCUT2D eigenvalue weighted by Gasteiger charge is -2.19. The molecular weight excluding hydrogens is 220 g/mol. The maximum Gasteiger partial charge on any atom is 0.305 e. The number of thioether (sulfide) groups is 1. The molecule has 7 heteroatoms. The van der Waals surface area contributed by atoms with E-state index in [1.54, 1.807) is 0 Å². The zero-order chi connectivity index (χ0) is 11.4. The third-order valence-corrected chi connectivity index (χ3v) is 2.89. The summed E-state index contributed by atoms with van der Waals surface area (Å²) in [5.74, 6) is -0.774. The molecule has 0 aromatic heterocycles. The molecule has 0 aliphatic carbocycles. The van der Waals surface area contributed by atoms with Crippen LogP contribution < -0.4 is 5.32 Å². The summed E-state index contributed by atoms with van der Waals surface area (Å²) in [4.78, 5) is 34.1. The van der Waals surface area contributed by atoms with Crippen LogP contribution in [0, 0.1) is 0 Å². The molecular formula is C8H12N2O4S. The maximum atomic E-state index is 11.6. The number of likely N-dealkylation sites (N-methyl/N-ethyl adjacent to an activating group) is 1. The first-order chi connectivity index (χ1) is 7.00. The molecule has 1 saturated heterocycles. The molecule has 1 heterocycles. The SMILES string of the molecule is CN(CCC(=O)O)C(=O)C1CSC(=O)N1. The number of hydrogen-bond acceptors (Lipinski definition) is 4. The number of nitrogens with one attached hydrogen (secondary N) is 1. The van der Waals surface area contributed by atoms with Gasteiger partial charge >= 0.3 is 5.97 Å². The normalized spacial score (nSPS) is 19.8. The Morgan fingerprint density at radius 2 is 2.33 bits per heavy atom. The summed E-state index contributed by atoms with van der Waals surface area (Å²) >= 11 is 1.06. The molecule has 0 radical (unpaired) electrons. The number of carbonyl (C=O) groups excluding carboxylic acids is 2. The van der Waals surface area contributed by atoms with E-state index < -0.39 is 12.0 Å². The highest BCUT2D eigenvalue weighted by molar-refractivity contribution is 8.14. The van der Waals surface area contributed by atoms with E-state index in [-0.39, 0.29) is 24.1 Å². The van der Waals surface area contributed by atoms with Crippen molar-refractivity contribution < 1.29 is 19.5 Å². The largest absolute Gasteiger partial charge is 0.481 e. The Morgan fingerprint density at radius 3 is 2.80 bits per heavy atom. The summed E-state index contributed by atoms with van der Waals surface area (Å²) in [6.45, 7) is 0.158. The lowest BCUT2D eigenvalue weighted by atomic mass is 10.3. The van der Waals surface area contributed by atoms with E-state index in [9.17, 15) is 14.4 Å². The number of hydrogen-bond donors (Lipinski definition) is 2. The lowest BCUT2D eigenvalue weighted by molar-refractivity contribution is -0.138. The molecule has 1 unspecified atom stereocenters. The Kier molecular flexibility index (Phi) is 3.96. The van der Waals surface area contributed by atoms with Crippen molar-refractivity contribution in [1.82, 2.24) is 10.2 Å². The molecule has 6 nitrogen and oxygen atoms in total. The minimum absolute atomic E-state index is 0.0873. The second kappa shape index (κ2) is 5.01. The van der Waals surface area contributed by atoms with Crippen molar-refractivity contribution in [3.05, 3.63) is 0 Å². The highest BCUT2D eigenvalue weighted by atomic mass is 32.2. The van der Waals surface area contributed by atoms with Crippen LogP contribution in [0.2, 0.25) is 0 Å². The van der Waals surface area contributed by atoms with Crippen LogP contribution in [0.15, 0.2) is 0 Å². The lowest BCUT2D eigenvalue weighted by Crippen LogP contribution is -2.44. The van der Waals surface area contributed by atoms with Gasteiger partial charge in [-0.15, -0.1) is 0 Å². The average Bonchev–Trinajstić information content (AvgIpc) is 2.60. The summed E-state index contributed by atoms with van der Waals surface area (Å²) in [5, 5.41) is 10.7. The first-order valence-electron chi connectivity index (χ1n) is 4.40. The van der Waals surface area contributed by atoms with Crippen LogP contribution in [0.5, 0.6) is 0 Å². The zero-order valence-corrected chi connectivity index (χ0v) is 9.04. The van der Waals surface area contributed by atoms with Crippen LogP contribution in [-0.4, -0.2) is 52.5 Å². The van der Waals surface area contributed by atoms with Crippen molar-refractivity contribution in [3.63, 3.8) is 0 Å². The molecule has 1 aliphatic heterocycles. The summed E-state index contributed by atoms with van der Waals surface area (Å²) < 4.78 is 0. The molecule has 1 atom stereocenters. The van der Waals surface area contributed by atoms with Gasteiger partial charge in [0.2, 0.25) is 5.91 Å². The van der Waals surface area contributed by atoms with Gasteiger partial charge in [0.05, 0.1) is 6.42 Å². The van der Waals surface area contributed by atoms with Crippen LogP contribution >= 0.6 is 11.8 Å². The van der Waals surface area contributed by atoms with Crippen LogP contribution in [0.4, 0.5) is 4.79 Å². The van der Waals surface area contributed by atoms with Crippen molar-refractivity contribution in [1.29, 1.82) is 0 Å². The molecule has 0 spiro atoms. The van der Waals surface area contributed by atoms with E-state index in [4.69, 9.17) is 5.11 Å². The van der Waals surface area contributed by atoms with Gasteiger partial charge in [-0.05, 0) is 0 Å². The third-order valence-electron chi connectivity index (χ3n) is 2.01. The highest BCUT2D eigenvalue weighted by Crippen LogP contribution is 2.14. The molecule has 0 aromatic carbocycles. The quantitative estimate of drug-likeness (QED) is 0.697. The Labute approximate surface area is 91.0 Å². The number of carboxylic acids is 1. The number of amides is 2. The van der Waals surface area contributed by atoms with Crippen LogP contribution in [0.3, 0.4) is 0 Å². The molecule has 1 fully saturated rings. The molecule has 2 N–H and O–H groups in total. The van der Waals surface area contributed by atoms with Crippen LogP contribution in [0.25, 0.3) is 0 Å². The van der Waals surface area contributed by atoms with E-state index in [2.05, 4.69) is 5.32 Å². The van der Waals surface area contributed by atoms with Crippen molar-refractivity contribution in [2.75, 3.05) is 19.3 Å². The first kappa shape index (κ1) is 11.8. The fourth-order valence-corrected chi connectivity index (χ4v) is 1.93.